The highest BCUT2D eigenvalue weighted by Gasteiger charge is 1.95. The van der Waals surface area contributed by atoms with Crippen molar-refractivity contribution in [3.8, 4) is 0 Å². The lowest BCUT2D eigenvalue weighted by molar-refractivity contribution is -0.142. The Kier molecular flexibility index (Phi) is 6.18. The van der Waals surface area contributed by atoms with Gasteiger partial charge in [-0.3, -0.25) is 4.79 Å². The molecule has 0 radical (unpaired) electrons. The van der Waals surface area contributed by atoms with Crippen LogP contribution in [0, 0.1) is 0 Å². The van der Waals surface area contributed by atoms with E-state index in [0.29, 0.717) is 6.61 Å². The van der Waals surface area contributed by atoms with E-state index in [1.165, 1.54) is 0 Å². The Morgan fingerprint density at radius 3 is 2.70 bits per heavy atom. The highest BCUT2D eigenvalue weighted by atomic mass is 16.5. The van der Waals surface area contributed by atoms with E-state index in [0.717, 1.165) is 19.3 Å². The summed E-state index contributed by atoms with van der Waals surface area (Å²) in [5.74, 6) is -0.309. The summed E-state index contributed by atoms with van der Waals surface area (Å²) in [4.78, 5) is 10.4. The highest BCUT2D eigenvalue weighted by molar-refractivity contribution is 5.71. The number of ether oxygens (including phenoxy) is 1. The fourth-order valence-corrected chi connectivity index (χ4v) is 0.597. The fourth-order valence-electron chi connectivity index (χ4n) is 0.597. The van der Waals surface area contributed by atoms with Crippen molar-refractivity contribution in [3.63, 3.8) is 0 Å². The predicted octanol–water partition coefficient (Wildman–Crippen LogP) is 0.678. The van der Waals surface area contributed by atoms with Gasteiger partial charge in [0.05, 0.1) is 13.2 Å². The number of unbranched alkanes of at least 4 members (excludes halogenated alkanes) is 2. The molecule has 0 saturated carbocycles. The average Bonchev–Trinajstić information content (AvgIpc) is 1.98. The molecule has 10 heavy (non-hydrogen) atoms. The number of rotatable bonds is 5. The Balaban J connectivity index is 2.96. The van der Waals surface area contributed by atoms with E-state index >= 15 is 0 Å². The van der Waals surface area contributed by atoms with Crippen molar-refractivity contribution in [2.75, 3.05) is 13.2 Å². The van der Waals surface area contributed by atoms with Gasteiger partial charge in [-0.1, -0.05) is 19.8 Å². The third-order valence-electron chi connectivity index (χ3n) is 1.18. The normalized spacial score (nSPS) is 9.40. The Labute approximate surface area is 61.5 Å². The minimum absolute atomic E-state index is 0.00781. The third kappa shape index (κ3) is 5.56. The van der Waals surface area contributed by atoms with E-state index < -0.39 is 0 Å². The number of esters is 1. The van der Waals surface area contributed by atoms with Gasteiger partial charge in [0, 0.05) is 0 Å². The van der Waals surface area contributed by atoms with Crippen molar-refractivity contribution >= 4 is 5.97 Å². The molecule has 0 aromatic carbocycles. The first-order valence-electron chi connectivity index (χ1n) is 3.67. The maximum Gasteiger partial charge on any atom is 0.319 e. The first-order valence-corrected chi connectivity index (χ1v) is 3.67. The van der Waals surface area contributed by atoms with Crippen LogP contribution in [0.3, 0.4) is 0 Å². The molecule has 3 nitrogen and oxygen atoms in total. The summed E-state index contributed by atoms with van der Waals surface area (Å²) in [5, 5.41) is 0. The second kappa shape index (κ2) is 6.55. The van der Waals surface area contributed by atoms with Crippen molar-refractivity contribution in [1.29, 1.82) is 0 Å². The van der Waals surface area contributed by atoms with Gasteiger partial charge in [-0.15, -0.1) is 0 Å². The summed E-state index contributed by atoms with van der Waals surface area (Å²) in [6.45, 7) is 2.61. The average molecular weight is 145 g/mol. The molecule has 0 atom stereocenters. The largest absolute Gasteiger partial charge is 0.465 e. The monoisotopic (exact) mass is 145 g/mol. The molecule has 3 heteroatoms. The van der Waals surface area contributed by atoms with E-state index in [-0.39, 0.29) is 12.5 Å². The van der Waals surface area contributed by atoms with Gasteiger partial charge in [-0.2, -0.15) is 0 Å². The topological polar surface area (TPSA) is 52.3 Å². The Morgan fingerprint density at radius 2 is 2.20 bits per heavy atom. The molecule has 0 heterocycles. The smallest absolute Gasteiger partial charge is 0.319 e. The maximum atomic E-state index is 10.4. The molecule has 0 aliphatic carbocycles. The van der Waals surface area contributed by atoms with Gasteiger partial charge < -0.3 is 10.5 Å². The first kappa shape index (κ1) is 9.43. The Bertz CT molecular complexity index is 93.6. The van der Waals surface area contributed by atoms with Crippen LogP contribution in [-0.2, 0) is 9.53 Å². The lowest BCUT2D eigenvalue weighted by Crippen LogP contribution is -2.17. The summed E-state index contributed by atoms with van der Waals surface area (Å²) >= 11 is 0. The van der Waals surface area contributed by atoms with E-state index in [4.69, 9.17) is 10.5 Å². The van der Waals surface area contributed by atoms with Crippen LogP contribution in [0.4, 0.5) is 0 Å². The SMILES string of the molecule is CCCCCOC(=O)CN. The van der Waals surface area contributed by atoms with Crippen LogP contribution < -0.4 is 5.73 Å². The summed E-state index contributed by atoms with van der Waals surface area (Å²) in [7, 11) is 0. The van der Waals surface area contributed by atoms with E-state index in [2.05, 4.69) is 6.92 Å². The summed E-state index contributed by atoms with van der Waals surface area (Å²) < 4.78 is 4.73. The first-order chi connectivity index (χ1) is 4.81. The summed E-state index contributed by atoms with van der Waals surface area (Å²) in [5.41, 5.74) is 5.01. The molecule has 0 aliphatic heterocycles. The Morgan fingerprint density at radius 1 is 1.50 bits per heavy atom. The number of carbonyl (C=O) groups is 1. The van der Waals surface area contributed by atoms with Crippen LogP contribution in [0.5, 0.6) is 0 Å². The molecule has 60 valence electrons. The van der Waals surface area contributed by atoms with Crippen molar-refractivity contribution in [2.24, 2.45) is 5.73 Å². The standard InChI is InChI=1S/C7H15NO2/c1-2-3-4-5-10-7(9)6-8/h2-6,8H2,1H3. The van der Waals surface area contributed by atoms with Gasteiger partial charge in [0.15, 0.2) is 0 Å². The van der Waals surface area contributed by atoms with Crippen LogP contribution >= 0.6 is 0 Å². The van der Waals surface area contributed by atoms with Gasteiger partial charge in [0.2, 0.25) is 0 Å². The van der Waals surface area contributed by atoms with Gasteiger partial charge >= 0.3 is 5.97 Å². The second-order valence-corrected chi connectivity index (χ2v) is 2.13. The molecule has 0 spiro atoms. The third-order valence-corrected chi connectivity index (χ3v) is 1.18. The van der Waals surface area contributed by atoms with Gasteiger partial charge in [0.1, 0.15) is 0 Å². The number of hydrogen-bond acceptors (Lipinski definition) is 3. The van der Waals surface area contributed by atoms with Crippen molar-refractivity contribution in [1.82, 2.24) is 0 Å². The molecule has 0 saturated heterocycles. The molecular formula is C7H15NO2. The molecule has 0 amide bonds. The van der Waals surface area contributed by atoms with Crippen LogP contribution in [0.2, 0.25) is 0 Å². The lowest BCUT2D eigenvalue weighted by Gasteiger charge is -2.00. The number of nitrogens with two attached hydrogens (primary N) is 1. The van der Waals surface area contributed by atoms with Crippen LogP contribution in [0.25, 0.3) is 0 Å². The van der Waals surface area contributed by atoms with Crippen LogP contribution in [-0.4, -0.2) is 19.1 Å². The molecule has 2 N–H and O–H groups in total. The minimum Gasteiger partial charge on any atom is -0.465 e. The summed E-state index contributed by atoms with van der Waals surface area (Å²) in [6, 6.07) is 0. The summed E-state index contributed by atoms with van der Waals surface area (Å²) in [6.07, 6.45) is 3.19. The molecule has 0 aromatic heterocycles. The molecule has 0 aliphatic rings. The van der Waals surface area contributed by atoms with Gasteiger partial charge in [0.25, 0.3) is 0 Å². The zero-order chi connectivity index (χ0) is 7.82. The quantitative estimate of drug-likeness (QED) is 0.457. The molecule has 0 aromatic rings. The fraction of sp³-hybridized carbons (Fsp3) is 0.857. The second-order valence-electron chi connectivity index (χ2n) is 2.13. The predicted molar refractivity (Wildman–Crippen MR) is 39.5 cm³/mol. The highest BCUT2D eigenvalue weighted by Crippen LogP contribution is 1.93. The van der Waals surface area contributed by atoms with Crippen molar-refractivity contribution < 1.29 is 9.53 Å². The molecule has 0 unspecified atom stereocenters. The van der Waals surface area contributed by atoms with Crippen LogP contribution in [0.15, 0.2) is 0 Å². The zero-order valence-electron chi connectivity index (χ0n) is 6.43. The maximum absolute atomic E-state index is 10.4. The lowest BCUT2D eigenvalue weighted by atomic mass is 10.3. The molecule has 0 rings (SSSR count). The molecule has 0 bridgehead atoms. The Hall–Kier alpha value is -0.570. The van der Waals surface area contributed by atoms with E-state index in [1.54, 1.807) is 0 Å². The van der Waals surface area contributed by atoms with Gasteiger partial charge in [-0.05, 0) is 6.42 Å². The number of hydrogen-bond donors (Lipinski definition) is 1. The van der Waals surface area contributed by atoms with E-state index in [9.17, 15) is 4.79 Å². The van der Waals surface area contributed by atoms with Crippen molar-refractivity contribution in [3.05, 3.63) is 0 Å². The van der Waals surface area contributed by atoms with Gasteiger partial charge in [-0.25, -0.2) is 0 Å². The number of carbonyl (C=O) groups excluding carboxylic acids is 1. The minimum atomic E-state index is -0.309. The van der Waals surface area contributed by atoms with Crippen molar-refractivity contribution in [2.45, 2.75) is 26.2 Å². The van der Waals surface area contributed by atoms with Crippen LogP contribution in [0.1, 0.15) is 26.2 Å². The molecule has 0 fully saturated rings. The zero-order valence-corrected chi connectivity index (χ0v) is 6.43. The molecular weight excluding hydrogens is 130 g/mol. The van der Waals surface area contributed by atoms with E-state index in [1.807, 2.05) is 0 Å².